The van der Waals surface area contributed by atoms with E-state index in [0.29, 0.717) is 18.7 Å². The van der Waals surface area contributed by atoms with Crippen LogP contribution in [0.5, 0.6) is 0 Å². The largest absolute Gasteiger partial charge is 0.417 e. The zero-order valence-corrected chi connectivity index (χ0v) is 11.5. The highest BCUT2D eigenvalue weighted by Crippen LogP contribution is 2.28. The first-order valence-electron chi connectivity index (χ1n) is 5.76. The molecule has 0 bridgehead atoms. The molecule has 1 aliphatic heterocycles. The lowest BCUT2D eigenvalue weighted by Crippen LogP contribution is -2.25. The van der Waals surface area contributed by atoms with E-state index in [1.807, 2.05) is 0 Å². The average molecular weight is 337 g/mol. The van der Waals surface area contributed by atoms with Crippen LogP contribution in [-0.4, -0.2) is 27.7 Å². The van der Waals surface area contributed by atoms with Crippen molar-refractivity contribution in [3.63, 3.8) is 0 Å². The number of aromatic nitrogens is 1. The van der Waals surface area contributed by atoms with Gasteiger partial charge in [-0.3, -0.25) is 9.78 Å². The van der Waals surface area contributed by atoms with Crippen LogP contribution in [0.1, 0.15) is 17.7 Å². The molecule has 0 spiro atoms. The van der Waals surface area contributed by atoms with Gasteiger partial charge in [0.1, 0.15) is 0 Å². The van der Waals surface area contributed by atoms with Crippen molar-refractivity contribution in [2.45, 2.75) is 19.1 Å². The summed E-state index contributed by atoms with van der Waals surface area (Å²) in [6, 6.07) is 2.31. The van der Waals surface area contributed by atoms with Gasteiger partial charge in [0, 0.05) is 24.5 Å². The van der Waals surface area contributed by atoms with Crippen molar-refractivity contribution in [1.29, 1.82) is 0 Å². The van der Waals surface area contributed by atoms with Crippen molar-refractivity contribution in [3.8, 4) is 0 Å². The maximum atomic E-state index is 12.4. The van der Waals surface area contributed by atoms with Crippen LogP contribution in [0.4, 0.5) is 13.2 Å². The average Bonchev–Trinajstić information content (AvgIpc) is 2.70. The number of hydrogen-bond acceptors (Lipinski definition) is 2. The lowest BCUT2D eigenvalue weighted by atomic mass is 10.2. The standard InChI is InChI=1S/C12H12BrF3N2O/c13-4-8-3-11(19)18(6-8)7-10-2-1-9(5-17-10)12(14,15)16/h1-2,5,8H,3-4,6-7H2. The number of nitrogens with zero attached hydrogens (tertiary/aromatic N) is 2. The van der Waals surface area contributed by atoms with Crippen LogP contribution in [0.2, 0.25) is 0 Å². The number of halogens is 4. The second-order valence-corrected chi connectivity index (χ2v) is 5.18. The fourth-order valence-corrected chi connectivity index (χ4v) is 2.43. The fraction of sp³-hybridized carbons (Fsp3) is 0.500. The Morgan fingerprint density at radius 3 is 2.63 bits per heavy atom. The molecule has 1 atom stereocenters. The van der Waals surface area contributed by atoms with Gasteiger partial charge in [-0.15, -0.1) is 0 Å². The van der Waals surface area contributed by atoms with Crippen LogP contribution in [0.3, 0.4) is 0 Å². The molecule has 0 aromatic carbocycles. The van der Waals surface area contributed by atoms with Crippen molar-refractivity contribution >= 4 is 21.8 Å². The van der Waals surface area contributed by atoms with E-state index in [9.17, 15) is 18.0 Å². The van der Waals surface area contributed by atoms with Gasteiger partial charge in [-0.1, -0.05) is 15.9 Å². The number of alkyl halides is 4. The van der Waals surface area contributed by atoms with Crippen LogP contribution in [0, 0.1) is 5.92 Å². The lowest BCUT2D eigenvalue weighted by Gasteiger charge is -2.16. The Hall–Kier alpha value is -1.11. The minimum absolute atomic E-state index is 0.0196. The highest BCUT2D eigenvalue weighted by atomic mass is 79.9. The third kappa shape index (κ3) is 3.46. The first-order valence-corrected chi connectivity index (χ1v) is 6.88. The molecule has 1 saturated heterocycles. The maximum Gasteiger partial charge on any atom is 0.417 e. The van der Waals surface area contributed by atoms with Gasteiger partial charge >= 0.3 is 6.18 Å². The Labute approximate surface area is 116 Å². The van der Waals surface area contributed by atoms with Gasteiger partial charge in [-0.2, -0.15) is 13.2 Å². The minimum atomic E-state index is -4.38. The quantitative estimate of drug-likeness (QED) is 0.795. The van der Waals surface area contributed by atoms with Crippen LogP contribution in [0.15, 0.2) is 18.3 Å². The minimum Gasteiger partial charge on any atom is -0.336 e. The Balaban J connectivity index is 2.02. The van der Waals surface area contributed by atoms with Gasteiger partial charge < -0.3 is 4.90 Å². The summed E-state index contributed by atoms with van der Waals surface area (Å²) in [6.07, 6.45) is -3.10. The summed E-state index contributed by atoms with van der Waals surface area (Å²) in [5, 5.41) is 0.746. The Morgan fingerprint density at radius 1 is 1.42 bits per heavy atom. The molecule has 1 amide bonds. The third-order valence-electron chi connectivity index (χ3n) is 3.02. The van der Waals surface area contributed by atoms with Crippen LogP contribution in [0.25, 0.3) is 0 Å². The van der Waals surface area contributed by atoms with E-state index < -0.39 is 11.7 Å². The van der Waals surface area contributed by atoms with E-state index in [1.54, 1.807) is 4.90 Å². The molecule has 0 saturated carbocycles. The SMILES string of the molecule is O=C1CC(CBr)CN1Cc1ccc(C(F)(F)F)cn1. The van der Waals surface area contributed by atoms with Gasteiger partial charge in [-0.25, -0.2) is 0 Å². The molecule has 3 nitrogen and oxygen atoms in total. The summed E-state index contributed by atoms with van der Waals surface area (Å²) >= 11 is 3.33. The molecule has 7 heteroatoms. The predicted molar refractivity (Wildman–Crippen MR) is 66.6 cm³/mol. The Morgan fingerprint density at radius 2 is 2.16 bits per heavy atom. The van der Waals surface area contributed by atoms with Crippen molar-refractivity contribution < 1.29 is 18.0 Å². The summed E-state index contributed by atoms with van der Waals surface area (Å²) in [6.45, 7) is 0.882. The molecule has 2 rings (SSSR count). The first kappa shape index (κ1) is 14.3. The molecule has 0 aliphatic carbocycles. The van der Waals surface area contributed by atoms with Crippen LogP contribution >= 0.6 is 15.9 Å². The van der Waals surface area contributed by atoms with Crippen LogP contribution < -0.4 is 0 Å². The van der Waals surface area contributed by atoms with E-state index in [1.165, 1.54) is 6.07 Å². The zero-order chi connectivity index (χ0) is 14.0. The van der Waals surface area contributed by atoms with E-state index in [-0.39, 0.29) is 18.4 Å². The molecule has 1 unspecified atom stereocenters. The summed E-state index contributed by atoms with van der Waals surface area (Å²) < 4.78 is 37.1. The van der Waals surface area contributed by atoms with E-state index >= 15 is 0 Å². The molecule has 1 aliphatic rings. The van der Waals surface area contributed by atoms with Crippen LogP contribution in [-0.2, 0) is 17.5 Å². The maximum absolute atomic E-state index is 12.4. The Kier molecular flexibility index (Phi) is 4.13. The molecule has 0 radical (unpaired) electrons. The van der Waals surface area contributed by atoms with E-state index in [4.69, 9.17) is 0 Å². The van der Waals surface area contributed by atoms with Crippen molar-refractivity contribution in [1.82, 2.24) is 9.88 Å². The van der Waals surface area contributed by atoms with E-state index in [0.717, 1.165) is 17.6 Å². The van der Waals surface area contributed by atoms with Crippen molar-refractivity contribution in [2.75, 3.05) is 11.9 Å². The van der Waals surface area contributed by atoms with Gasteiger partial charge in [0.2, 0.25) is 5.91 Å². The second kappa shape index (κ2) is 5.48. The zero-order valence-electron chi connectivity index (χ0n) is 9.95. The second-order valence-electron chi connectivity index (χ2n) is 4.53. The molecule has 1 fully saturated rings. The van der Waals surface area contributed by atoms with Gasteiger partial charge in [-0.05, 0) is 18.1 Å². The number of carbonyl (C=O) groups is 1. The number of rotatable bonds is 3. The fourth-order valence-electron chi connectivity index (χ4n) is 1.99. The molecule has 0 N–H and O–H groups in total. The van der Waals surface area contributed by atoms with Gasteiger partial charge in [0.15, 0.2) is 0 Å². The highest BCUT2D eigenvalue weighted by molar-refractivity contribution is 9.09. The highest BCUT2D eigenvalue weighted by Gasteiger charge is 2.31. The molecular weight excluding hydrogens is 325 g/mol. The molecule has 1 aromatic rings. The smallest absolute Gasteiger partial charge is 0.336 e. The number of carbonyl (C=O) groups excluding carboxylic acids is 1. The third-order valence-corrected chi connectivity index (χ3v) is 3.93. The number of likely N-dealkylation sites (tertiary alicyclic amines) is 1. The lowest BCUT2D eigenvalue weighted by molar-refractivity contribution is -0.138. The van der Waals surface area contributed by atoms with Crippen molar-refractivity contribution in [2.24, 2.45) is 5.92 Å². The van der Waals surface area contributed by atoms with Gasteiger partial charge in [0.05, 0.1) is 17.8 Å². The summed E-state index contributed by atoms with van der Waals surface area (Å²) in [7, 11) is 0. The summed E-state index contributed by atoms with van der Waals surface area (Å²) in [5.74, 6) is 0.285. The number of hydrogen-bond donors (Lipinski definition) is 0. The topological polar surface area (TPSA) is 33.2 Å². The molecule has 19 heavy (non-hydrogen) atoms. The molecule has 104 valence electrons. The predicted octanol–water partition coefficient (Wildman–Crippen LogP) is 2.84. The monoisotopic (exact) mass is 336 g/mol. The Bertz CT molecular complexity index is 461. The van der Waals surface area contributed by atoms with Gasteiger partial charge in [0.25, 0.3) is 0 Å². The number of pyridine rings is 1. The number of amides is 1. The molecular formula is C12H12BrF3N2O. The van der Waals surface area contributed by atoms with E-state index in [2.05, 4.69) is 20.9 Å². The van der Waals surface area contributed by atoms with Crippen molar-refractivity contribution in [3.05, 3.63) is 29.6 Å². The normalized spacial score (nSPS) is 20.1. The summed E-state index contributed by atoms with van der Waals surface area (Å²) in [4.78, 5) is 17.1. The molecule has 2 heterocycles. The first-order chi connectivity index (χ1) is 8.90. The molecule has 1 aromatic heterocycles. The summed E-state index contributed by atoms with van der Waals surface area (Å²) in [5.41, 5.74) is -0.307.